The third-order valence-corrected chi connectivity index (χ3v) is 5.22. The summed E-state index contributed by atoms with van der Waals surface area (Å²) in [5.41, 5.74) is -0.432. The highest BCUT2D eigenvalue weighted by Gasteiger charge is 2.38. The second-order valence-corrected chi connectivity index (χ2v) is 6.71. The van der Waals surface area contributed by atoms with Gasteiger partial charge in [-0.25, -0.2) is 13.2 Å². The molecule has 0 spiro atoms. The molecule has 1 aromatic rings. The Morgan fingerprint density at radius 1 is 1.43 bits per heavy atom. The fraction of sp³-hybridized carbons (Fsp3) is 0.462. The van der Waals surface area contributed by atoms with Crippen molar-refractivity contribution in [1.82, 2.24) is 4.31 Å². The van der Waals surface area contributed by atoms with Crippen molar-refractivity contribution in [2.45, 2.75) is 23.8 Å². The lowest BCUT2D eigenvalue weighted by Crippen LogP contribution is -2.35. The maximum Gasteiger partial charge on any atom is 0.339 e. The third-order valence-electron chi connectivity index (χ3n) is 3.27. The van der Waals surface area contributed by atoms with Crippen molar-refractivity contribution in [2.24, 2.45) is 0 Å². The molecule has 2 N–H and O–H groups in total. The molecule has 0 atom stereocenters. The first-order chi connectivity index (χ1) is 9.87. The first kappa shape index (κ1) is 15.7. The summed E-state index contributed by atoms with van der Waals surface area (Å²) in [6.07, 6.45) is 1.57. The van der Waals surface area contributed by atoms with Gasteiger partial charge in [-0.1, -0.05) is 0 Å². The van der Waals surface area contributed by atoms with Crippen LogP contribution in [-0.2, 0) is 14.8 Å². The van der Waals surface area contributed by atoms with E-state index in [0.717, 1.165) is 25.0 Å². The summed E-state index contributed by atoms with van der Waals surface area (Å²) < 4.78 is 31.5. The summed E-state index contributed by atoms with van der Waals surface area (Å²) in [4.78, 5) is 10.9. The number of hydrogen-bond donors (Lipinski definition) is 2. The van der Waals surface area contributed by atoms with Gasteiger partial charge in [-0.3, -0.25) is 0 Å². The molecule has 0 aliphatic heterocycles. The maximum atomic E-state index is 12.6. The fourth-order valence-corrected chi connectivity index (χ4v) is 3.72. The van der Waals surface area contributed by atoms with Crippen LogP contribution in [0.1, 0.15) is 23.2 Å². The molecular weight excluding hydrogens is 298 g/mol. The van der Waals surface area contributed by atoms with Crippen molar-refractivity contribution >= 4 is 16.0 Å². The van der Waals surface area contributed by atoms with Gasteiger partial charge in [-0.2, -0.15) is 4.31 Å². The minimum absolute atomic E-state index is 0.0627. The van der Waals surface area contributed by atoms with E-state index in [-0.39, 0.29) is 24.1 Å². The van der Waals surface area contributed by atoms with E-state index in [9.17, 15) is 18.3 Å². The van der Waals surface area contributed by atoms with E-state index < -0.39 is 27.3 Å². The summed E-state index contributed by atoms with van der Waals surface area (Å²) in [6, 6.07) is 3.21. The van der Waals surface area contributed by atoms with Gasteiger partial charge < -0.3 is 14.9 Å². The number of ether oxygens (including phenoxy) is 1. The number of carboxylic acids is 1. The molecule has 0 radical (unpaired) electrons. The van der Waals surface area contributed by atoms with Crippen LogP contribution in [0.5, 0.6) is 5.75 Å². The Hall–Kier alpha value is -1.64. The van der Waals surface area contributed by atoms with Gasteiger partial charge in [0.2, 0.25) is 10.0 Å². The zero-order valence-corrected chi connectivity index (χ0v) is 12.3. The number of sulfonamides is 1. The van der Waals surface area contributed by atoms with Gasteiger partial charge in [-0.15, -0.1) is 0 Å². The van der Waals surface area contributed by atoms with Crippen LogP contribution in [0.4, 0.5) is 0 Å². The lowest BCUT2D eigenvalue weighted by Gasteiger charge is -2.21. The van der Waals surface area contributed by atoms with Crippen LogP contribution in [0, 0.1) is 0 Å². The first-order valence-electron chi connectivity index (χ1n) is 6.45. The minimum atomic E-state index is -3.80. The molecule has 0 amide bonds. The van der Waals surface area contributed by atoms with E-state index in [2.05, 4.69) is 0 Å². The molecule has 1 aliphatic rings. The van der Waals surface area contributed by atoms with Crippen molar-refractivity contribution in [1.29, 1.82) is 0 Å². The number of benzene rings is 1. The Morgan fingerprint density at radius 3 is 2.62 bits per heavy atom. The van der Waals surface area contributed by atoms with Gasteiger partial charge in [0.25, 0.3) is 0 Å². The van der Waals surface area contributed by atoms with Crippen molar-refractivity contribution in [2.75, 3.05) is 20.3 Å². The molecule has 1 saturated carbocycles. The average molecular weight is 315 g/mol. The minimum Gasteiger partial charge on any atom is -0.507 e. The molecule has 1 aliphatic carbocycles. The first-order valence-corrected chi connectivity index (χ1v) is 7.89. The van der Waals surface area contributed by atoms with Crippen LogP contribution >= 0.6 is 0 Å². The molecule has 116 valence electrons. The van der Waals surface area contributed by atoms with Crippen molar-refractivity contribution < 1.29 is 28.2 Å². The lowest BCUT2D eigenvalue weighted by atomic mass is 10.2. The van der Waals surface area contributed by atoms with Crippen molar-refractivity contribution in [3.05, 3.63) is 23.8 Å². The average Bonchev–Trinajstić information content (AvgIpc) is 3.23. The van der Waals surface area contributed by atoms with Crippen LogP contribution in [0.25, 0.3) is 0 Å². The molecule has 1 aromatic carbocycles. The zero-order valence-electron chi connectivity index (χ0n) is 11.5. The van der Waals surface area contributed by atoms with Crippen LogP contribution in [-0.4, -0.2) is 55.2 Å². The summed E-state index contributed by atoms with van der Waals surface area (Å²) in [5.74, 6) is -1.84. The van der Waals surface area contributed by atoms with E-state index in [1.54, 1.807) is 0 Å². The number of rotatable bonds is 7. The SMILES string of the molecule is COCCN(C1CC1)S(=O)(=O)c1ccc(O)c(C(=O)O)c1. The quantitative estimate of drug-likeness (QED) is 0.774. The number of aromatic carboxylic acids is 1. The Morgan fingerprint density at radius 2 is 2.10 bits per heavy atom. The van der Waals surface area contributed by atoms with E-state index in [4.69, 9.17) is 9.84 Å². The van der Waals surface area contributed by atoms with Crippen LogP contribution < -0.4 is 0 Å². The molecule has 0 heterocycles. The molecule has 2 rings (SSSR count). The largest absolute Gasteiger partial charge is 0.507 e. The predicted octanol–water partition coefficient (Wildman–Crippen LogP) is 0.890. The molecule has 8 heteroatoms. The molecule has 0 unspecified atom stereocenters. The highest BCUT2D eigenvalue weighted by Crippen LogP contribution is 2.33. The Labute approximate surface area is 122 Å². The summed E-state index contributed by atoms with van der Waals surface area (Å²) in [5, 5.41) is 18.4. The van der Waals surface area contributed by atoms with E-state index >= 15 is 0 Å². The molecule has 0 bridgehead atoms. The molecule has 7 nitrogen and oxygen atoms in total. The summed E-state index contributed by atoms with van der Waals surface area (Å²) in [6.45, 7) is 0.479. The summed E-state index contributed by atoms with van der Waals surface area (Å²) in [7, 11) is -2.32. The molecule has 0 aromatic heterocycles. The number of carboxylic acid groups (broad SMARTS) is 1. The number of aromatic hydroxyl groups is 1. The van der Waals surface area contributed by atoms with Gasteiger partial charge in [0, 0.05) is 19.7 Å². The smallest absolute Gasteiger partial charge is 0.339 e. The Balaban J connectivity index is 2.37. The highest BCUT2D eigenvalue weighted by atomic mass is 32.2. The highest BCUT2D eigenvalue weighted by molar-refractivity contribution is 7.89. The molecule has 21 heavy (non-hydrogen) atoms. The van der Waals surface area contributed by atoms with Crippen LogP contribution in [0.3, 0.4) is 0 Å². The van der Waals surface area contributed by atoms with E-state index in [1.165, 1.54) is 17.5 Å². The van der Waals surface area contributed by atoms with Gasteiger partial charge >= 0.3 is 5.97 Å². The molecule has 0 saturated heterocycles. The number of carbonyl (C=O) groups is 1. The van der Waals surface area contributed by atoms with Gasteiger partial charge in [-0.05, 0) is 31.0 Å². The fourth-order valence-electron chi connectivity index (χ4n) is 2.03. The van der Waals surface area contributed by atoms with Gasteiger partial charge in [0.1, 0.15) is 11.3 Å². The second-order valence-electron chi connectivity index (χ2n) is 4.82. The number of methoxy groups -OCH3 is 1. The zero-order chi connectivity index (χ0) is 15.6. The van der Waals surface area contributed by atoms with Crippen molar-refractivity contribution in [3.8, 4) is 5.75 Å². The summed E-state index contributed by atoms with van der Waals surface area (Å²) >= 11 is 0. The maximum absolute atomic E-state index is 12.6. The van der Waals surface area contributed by atoms with Gasteiger partial charge in [0.15, 0.2) is 0 Å². The van der Waals surface area contributed by atoms with Crippen LogP contribution in [0.15, 0.2) is 23.1 Å². The number of hydrogen-bond acceptors (Lipinski definition) is 5. The topological polar surface area (TPSA) is 104 Å². The Kier molecular flexibility index (Phi) is 4.50. The second kappa shape index (κ2) is 6.00. The van der Waals surface area contributed by atoms with Gasteiger partial charge in [0.05, 0.1) is 11.5 Å². The van der Waals surface area contributed by atoms with E-state index in [1.807, 2.05) is 0 Å². The Bertz CT molecular complexity index is 638. The van der Waals surface area contributed by atoms with Crippen LogP contribution in [0.2, 0.25) is 0 Å². The standard InChI is InChI=1S/C13H17NO6S/c1-20-7-6-14(9-2-3-9)21(18,19)10-4-5-12(15)11(8-10)13(16)17/h4-5,8-9,15H,2-3,6-7H2,1H3,(H,16,17). The number of nitrogens with zero attached hydrogens (tertiary/aromatic N) is 1. The normalized spacial score (nSPS) is 15.3. The van der Waals surface area contributed by atoms with E-state index in [0.29, 0.717) is 0 Å². The molecule has 1 fully saturated rings. The predicted molar refractivity (Wildman–Crippen MR) is 73.9 cm³/mol. The van der Waals surface area contributed by atoms with Crippen molar-refractivity contribution in [3.63, 3.8) is 0 Å². The molecular formula is C13H17NO6S. The number of phenols is 1. The third kappa shape index (κ3) is 3.34. The lowest BCUT2D eigenvalue weighted by molar-refractivity contribution is 0.0693. The monoisotopic (exact) mass is 315 g/mol.